The molecule has 5 atom stereocenters. The van der Waals surface area contributed by atoms with Gasteiger partial charge in [0.1, 0.15) is 24.0 Å². The number of fused-ring (bicyclic) bond motifs is 1. The molecular formula is C21H22F2N3O3P. The van der Waals surface area contributed by atoms with Gasteiger partial charge in [-0.15, -0.1) is 9.24 Å². The van der Waals surface area contributed by atoms with Gasteiger partial charge in [0.05, 0.1) is 35.4 Å². The van der Waals surface area contributed by atoms with Gasteiger partial charge >= 0.3 is 0 Å². The first-order valence-electron chi connectivity index (χ1n) is 9.59. The number of nitrogens with zero attached hydrogens (tertiary/aromatic N) is 2. The molecule has 6 nitrogen and oxygen atoms in total. The number of halogens is 2. The molecular weight excluding hydrogens is 411 g/mol. The standard InChI is InChI=1S/C21H22F2N3O3P/c1-10-20(26(21(10)28)12-3-4-16-17(5-12)25-9-24-16)19-14(22)6-13(7-15(19)23)29-8-18(27)11(2)30/h3-7,9-11,18,20,27H,8,30H2,1-2H3,(H,24,25)/t10-,11?,18?,20-/m1/s1. The quantitative estimate of drug-likeness (QED) is 0.460. The Morgan fingerprint density at radius 1 is 1.30 bits per heavy atom. The number of carbonyl (C=O) groups is 1. The van der Waals surface area contributed by atoms with Gasteiger partial charge in [-0.25, -0.2) is 13.8 Å². The van der Waals surface area contributed by atoms with E-state index in [1.807, 2.05) is 0 Å². The number of benzene rings is 2. The fourth-order valence-corrected chi connectivity index (χ4v) is 3.74. The molecule has 1 fully saturated rings. The number of aromatic nitrogens is 2. The Kier molecular flexibility index (Phi) is 5.47. The minimum absolute atomic E-state index is 0.0119. The van der Waals surface area contributed by atoms with Crippen molar-refractivity contribution < 1.29 is 23.4 Å². The van der Waals surface area contributed by atoms with Crippen molar-refractivity contribution in [2.45, 2.75) is 31.7 Å². The Labute approximate surface area is 174 Å². The third-order valence-electron chi connectivity index (χ3n) is 5.44. The second kappa shape index (κ2) is 7.93. The highest BCUT2D eigenvalue weighted by molar-refractivity contribution is 7.17. The lowest BCUT2D eigenvalue weighted by molar-refractivity contribution is -0.129. The maximum atomic E-state index is 14.9. The van der Waals surface area contributed by atoms with Crippen LogP contribution in [0.4, 0.5) is 14.5 Å². The van der Waals surface area contributed by atoms with Gasteiger partial charge in [0.15, 0.2) is 0 Å². The van der Waals surface area contributed by atoms with Crippen LogP contribution in [0.2, 0.25) is 0 Å². The van der Waals surface area contributed by atoms with E-state index in [9.17, 15) is 18.7 Å². The maximum Gasteiger partial charge on any atom is 0.232 e. The minimum Gasteiger partial charge on any atom is -0.491 e. The van der Waals surface area contributed by atoms with Crippen molar-refractivity contribution in [1.82, 2.24) is 9.97 Å². The molecule has 0 bridgehead atoms. The normalized spacial score (nSPS) is 20.9. The number of aliphatic hydroxyl groups is 1. The minimum atomic E-state index is -0.796. The average molecular weight is 433 g/mol. The SMILES string of the molecule is CC(P)C(O)COc1cc(F)c([C@H]2[C@@H](C)C(=O)N2c2ccc3nc[nH]c3c2)c(F)c1. The predicted octanol–water partition coefficient (Wildman–Crippen LogP) is 3.57. The second-order valence-corrected chi connectivity index (χ2v) is 8.64. The molecule has 1 aromatic heterocycles. The summed E-state index contributed by atoms with van der Waals surface area (Å²) in [6, 6.07) is 6.59. The van der Waals surface area contributed by atoms with E-state index in [1.54, 1.807) is 38.4 Å². The summed E-state index contributed by atoms with van der Waals surface area (Å²) in [5, 5.41) is 9.82. The van der Waals surface area contributed by atoms with Gasteiger partial charge in [-0.1, -0.05) is 13.8 Å². The van der Waals surface area contributed by atoms with Crippen LogP contribution in [0.3, 0.4) is 0 Å². The molecule has 0 saturated carbocycles. The molecule has 2 heterocycles. The van der Waals surface area contributed by atoms with Gasteiger partial charge in [0, 0.05) is 29.0 Å². The van der Waals surface area contributed by atoms with E-state index < -0.39 is 29.7 Å². The number of ether oxygens (including phenoxy) is 1. The number of hydrogen-bond acceptors (Lipinski definition) is 4. The molecule has 4 rings (SSSR count). The van der Waals surface area contributed by atoms with Gasteiger partial charge in [0.25, 0.3) is 0 Å². The summed E-state index contributed by atoms with van der Waals surface area (Å²) in [6.45, 7) is 3.35. The van der Waals surface area contributed by atoms with Crippen LogP contribution < -0.4 is 9.64 Å². The predicted molar refractivity (Wildman–Crippen MR) is 113 cm³/mol. The fourth-order valence-electron chi connectivity index (χ4n) is 3.63. The Hall–Kier alpha value is -2.57. The number of hydrogen-bond donors (Lipinski definition) is 2. The zero-order valence-electron chi connectivity index (χ0n) is 16.5. The lowest BCUT2D eigenvalue weighted by Crippen LogP contribution is -2.54. The number of rotatable bonds is 6. The van der Waals surface area contributed by atoms with Crippen molar-refractivity contribution in [3.63, 3.8) is 0 Å². The Bertz CT molecular complexity index is 1080. The summed E-state index contributed by atoms with van der Waals surface area (Å²) < 4.78 is 35.2. The number of amides is 1. The maximum absolute atomic E-state index is 14.9. The van der Waals surface area contributed by atoms with E-state index >= 15 is 0 Å². The van der Waals surface area contributed by atoms with Crippen LogP contribution in [0.15, 0.2) is 36.7 Å². The molecule has 1 aliphatic heterocycles. The van der Waals surface area contributed by atoms with Crippen molar-refractivity contribution in [1.29, 1.82) is 0 Å². The highest BCUT2D eigenvalue weighted by Gasteiger charge is 2.48. The highest BCUT2D eigenvalue weighted by atomic mass is 31.0. The number of H-pyrrole nitrogens is 1. The van der Waals surface area contributed by atoms with E-state index in [4.69, 9.17) is 4.74 Å². The molecule has 3 unspecified atom stereocenters. The summed E-state index contributed by atoms with van der Waals surface area (Å²) in [4.78, 5) is 21.1. The van der Waals surface area contributed by atoms with E-state index in [2.05, 4.69) is 19.2 Å². The van der Waals surface area contributed by atoms with Crippen molar-refractivity contribution in [3.8, 4) is 5.75 Å². The molecule has 158 valence electrons. The molecule has 0 radical (unpaired) electrons. The van der Waals surface area contributed by atoms with E-state index in [1.165, 1.54) is 4.90 Å². The van der Waals surface area contributed by atoms with Gasteiger partial charge < -0.3 is 19.7 Å². The van der Waals surface area contributed by atoms with Crippen LogP contribution in [0.5, 0.6) is 5.75 Å². The Morgan fingerprint density at radius 3 is 2.67 bits per heavy atom. The summed E-state index contributed by atoms with van der Waals surface area (Å²) in [5.41, 5.74) is 1.69. The van der Waals surface area contributed by atoms with Crippen LogP contribution in [0, 0.1) is 17.6 Å². The monoisotopic (exact) mass is 433 g/mol. The highest BCUT2D eigenvalue weighted by Crippen LogP contribution is 2.45. The molecule has 0 spiro atoms. The number of aliphatic hydroxyl groups excluding tert-OH is 1. The van der Waals surface area contributed by atoms with Crippen LogP contribution in [-0.4, -0.2) is 39.4 Å². The molecule has 1 saturated heterocycles. The fraction of sp³-hybridized carbons (Fsp3) is 0.333. The molecule has 2 aromatic carbocycles. The smallest absolute Gasteiger partial charge is 0.232 e. The first kappa shape index (κ1) is 20.7. The van der Waals surface area contributed by atoms with Crippen molar-refractivity contribution in [2.75, 3.05) is 11.5 Å². The Balaban J connectivity index is 1.63. The largest absolute Gasteiger partial charge is 0.491 e. The number of carbonyl (C=O) groups excluding carboxylic acids is 1. The molecule has 2 N–H and O–H groups in total. The van der Waals surface area contributed by atoms with Gasteiger partial charge in [0.2, 0.25) is 5.91 Å². The van der Waals surface area contributed by atoms with Crippen LogP contribution in [-0.2, 0) is 4.79 Å². The third kappa shape index (κ3) is 3.55. The molecule has 30 heavy (non-hydrogen) atoms. The summed E-state index contributed by atoms with van der Waals surface area (Å²) >= 11 is 0. The third-order valence-corrected chi connectivity index (χ3v) is 5.88. The summed E-state index contributed by atoms with van der Waals surface area (Å²) in [7, 11) is 2.44. The number of β-lactam (4-membered cyclic amide) rings is 1. The molecule has 1 amide bonds. The number of imidazole rings is 1. The van der Waals surface area contributed by atoms with E-state index in [0.29, 0.717) is 5.69 Å². The van der Waals surface area contributed by atoms with E-state index in [0.717, 1.165) is 23.2 Å². The lowest BCUT2D eigenvalue weighted by Gasteiger charge is -2.46. The molecule has 9 heteroatoms. The van der Waals surface area contributed by atoms with Crippen LogP contribution in [0.1, 0.15) is 25.5 Å². The van der Waals surface area contributed by atoms with Gasteiger partial charge in [-0.2, -0.15) is 0 Å². The lowest BCUT2D eigenvalue weighted by atomic mass is 9.82. The zero-order valence-corrected chi connectivity index (χ0v) is 17.6. The molecule has 3 aromatic rings. The van der Waals surface area contributed by atoms with Gasteiger partial charge in [-0.3, -0.25) is 4.79 Å². The molecule has 1 aliphatic rings. The summed E-state index contributed by atoms with van der Waals surface area (Å²) in [5.74, 6) is -2.39. The van der Waals surface area contributed by atoms with Crippen molar-refractivity contribution in [2.24, 2.45) is 5.92 Å². The van der Waals surface area contributed by atoms with E-state index in [-0.39, 0.29) is 29.5 Å². The first-order chi connectivity index (χ1) is 14.3. The molecule has 0 aliphatic carbocycles. The van der Waals surface area contributed by atoms with Crippen molar-refractivity contribution in [3.05, 3.63) is 53.9 Å². The summed E-state index contributed by atoms with van der Waals surface area (Å²) in [6.07, 6.45) is 0.761. The Morgan fingerprint density at radius 2 is 2.00 bits per heavy atom. The zero-order chi connectivity index (χ0) is 21.6. The topological polar surface area (TPSA) is 78.5 Å². The van der Waals surface area contributed by atoms with Crippen LogP contribution in [0.25, 0.3) is 11.0 Å². The first-order valence-corrected chi connectivity index (χ1v) is 10.3. The number of aromatic amines is 1. The van der Waals surface area contributed by atoms with Crippen molar-refractivity contribution >= 4 is 31.9 Å². The van der Waals surface area contributed by atoms with Crippen LogP contribution >= 0.6 is 9.24 Å². The number of anilines is 1. The number of nitrogens with one attached hydrogen (secondary N) is 1. The average Bonchev–Trinajstić information content (AvgIpc) is 3.18. The van der Waals surface area contributed by atoms with Gasteiger partial charge in [-0.05, 0) is 18.2 Å². The second-order valence-electron chi connectivity index (χ2n) is 7.58.